The first-order valence-electron chi connectivity index (χ1n) is 3.12. The summed E-state index contributed by atoms with van der Waals surface area (Å²) in [7, 11) is 1.50. The number of hydrogen-bond acceptors (Lipinski definition) is 2. The molecule has 4 heteroatoms. The maximum atomic E-state index is 8.69. The van der Waals surface area contributed by atoms with Gasteiger partial charge in [-0.1, -0.05) is 27.5 Å². The molecule has 1 aromatic carbocycles. The summed E-state index contributed by atoms with van der Waals surface area (Å²) in [5, 5.41) is 9.08. The van der Waals surface area contributed by atoms with Crippen molar-refractivity contribution in [3.8, 4) is 11.8 Å². The molecule has 0 aromatic heterocycles. The molecular formula is C8H5BrClNO. The van der Waals surface area contributed by atoms with Crippen LogP contribution in [0.2, 0.25) is 5.02 Å². The van der Waals surface area contributed by atoms with Crippen LogP contribution >= 0.6 is 27.5 Å². The number of rotatable bonds is 1. The fraction of sp³-hybridized carbons (Fsp3) is 0.125. The molecule has 0 saturated heterocycles. The Morgan fingerprint density at radius 3 is 2.75 bits per heavy atom. The molecule has 0 aliphatic rings. The van der Waals surface area contributed by atoms with Gasteiger partial charge in [0.05, 0.1) is 12.1 Å². The maximum absolute atomic E-state index is 8.69. The smallest absolute Gasteiger partial charge is 0.139 e. The Balaban J connectivity index is 3.36. The summed E-state index contributed by atoms with van der Waals surface area (Å²) in [5.74, 6) is 0.483. The van der Waals surface area contributed by atoms with Crippen molar-refractivity contribution in [3.63, 3.8) is 0 Å². The summed E-state index contributed by atoms with van der Waals surface area (Å²) < 4.78 is 5.76. The molecule has 0 unspecified atom stereocenters. The zero-order chi connectivity index (χ0) is 9.14. The van der Waals surface area contributed by atoms with Crippen LogP contribution in [0.4, 0.5) is 0 Å². The lowest BCUT2D eigenvalue weighted by Gasteiger charge is -2.04. The van der Waals surface area contributed by atoms with Crippen molar-refractivity contribution in [1.29, 1.82) is 5.26 Å². The molecule has 0 aliphatic heterocycles. The van der Waals surface area contributed by atoms with E-state index >= 15 is 0 Å². The van der Waals surface area contributed by atoms with Gasteiger partial charge in [0, 0.05) is 4.47 Å². The van der Waals surface area contributed by atoms with Crippen LogP contribution in [0.5, 0.6) is 5.75 Å². The molecule has 0 atom stereocenters. The Morgan fingerprint density at radius 1 is 1.58 bits per heavy atom. The van der Waals surface area contributed by atoms with Gasteiger partial charge in [-0.05, 0) is 12.1 Å². The van der Waals surface area contributed by atoms with Gasteiger partial charge in [0.2, 0.25) is 0 Å². The van der Waals surface area contributed by atoms with Gasteiger partial charge >= 0.3 is 0 Å². The van der Waals surface area contributed by atoms with Crippen molar-refractivity contribution in [2.45, 2.75) is 0 Å². The predicted octanol–water partition coefficient (Wildman–Crippen LogP) is 2.98. The topological polar surface area (TPSA) is 33.0 Å². The normalized spacial score (nSPS) is 9.17. The van der Waals surface area contributed by atoms with Gasteiger partial charge in [-0.2, -0.15) is 5.26 Å². The van der Waals surface area contributed by atoms with Gasteiger partial charge in [0.15, 0.2) is 0 Å². The third kappa shape index (κ3) is 1.71. The average molecular weight is 246 g/mol. The molecule has 0 amide bonds. The highest BCUT2D eigenvalue weighted by molar-refractivity contribution is 9.10. The van der Waals surface area contributed by atoms with E-state index in [4.69, 9.17) is 21.6 Å². The Labute approximate surface area is 83.8 Å². The minimum absolute atomic E-state index is 0.363. The first-order chi connectivity index (χ1) is 5.69. The largest absolute Gasteiger partial charge is 0.495 e. The Morgan fingerprint density at radius 2 is 2.25 bits per heavy atom. The predicted molar refractivity (Wildman–Crippen MR) is 50.4 cm³/mol. The molecule has 1 aromatic rings. The van der Waals surface area contributed by atoms with Crippen molar-refractivity contribution < 1.29 is 4.74 Å². The fourth-order valence-corrected chi connectivity index (χ4v) is 1.64. The monoisotopic (exact) mass is 245 g/mol. The number of ether oxygens (including phenoxy) is 1. The molecule has 0 saturated carbocycles. The molecule has 0 fully saturated rings. The van der Waals surface area contributed by atoms with Crippen LogP contribution in [0.1, 0.15) is 5.56 Å². The first kappa shape index (κ1) is 9.37. The van der Waals surface area contributed by atoms with Crippen LogP contribution in [0.3, 0.4) is 0 Å². The van der Waals surface area contributed by atoms with E-state index in [1.807, 2.05) is 6.07 Å². The molecular weight excluding hydrogens is 241 g/mol. The van der Waals surface area contributed by atoms with Crippen molar-refractivity contribution in [1.82, 2.24) is 0 Å². The van der Waals surface area contributed by atoms with E-state index in [9.17, 15) is 0 Å². The third-order valence-electron chi connectivity index (χ3n) is 1.35. The molecule has 0 spiro atoms. The molecule has 62 valence electrons. The van der Waals surface area contributed by atoms with Crippen molar-refractivity contribution in [2.75, 3.05) is 7.11 Å². The molecule has 0 aliphatic carbocycles. The molecule has 2 nitrogen and oxygen atoms in total. The van der Waals surface area contributed by atoms with Gasteiger partial charge in [-0.25, -0.2) is 0 Å². The summed E-state index contributed by atoms with van der Waals surface area (Å²) in [5.41, 5.74) is 0.363. The minimum Gasteiger partial charge on any atom is -0.495 e. The van der Waals surface area contributed by atoms with Crippen LogP contribution in [0.15, 0.2) is 16.6 Å². The highest BCUT2D eigenvalue weighted by Crippen LogP contribution is 2.29. The SMILES string of the molecule is COc1cc(Br)cc(Cl)c1C#N. The van der Waals surface area contributed by atoms with E-state index in [0.717, 1.165) is 4.47 Å². The van der Waals surface area contributed by atoms with E-state index in [1.54, 1.807) is 12.1 Å². The summed E-state index contributed by atoms with van der Waals surface area (Å²) in [6.07, 6.45) is 0. The lowest BCUT2D eigenvalue weighted by Crippen LogP contribution is -1.88. The lowest BCUT2D eigenvalue weighted by molar-refractivity contribution is 0.413. The summed E-state index contributed by atoms with van der Waals surface area (Å²) in [4.78, 5) is 0. The van der Waals surface area contributed by atoms with Gasteiger partial charge in [0.25, 0.3) is 0 Å². The second kappa shape index (κ2) is 3.79. The molecule has 12 heavy (non-hydrogen) atoms. The fourth-order valence-electron chi connectivity index (χ4n) is 0.819. The van der Waals surface area contributed by atoms with E-state index in [-0.39, 0.29) is 0 Å². The van der Waals surface area contributed by atoms with Crippen molar-refractivity contribution >= 4 is 27.5 Å². The van der Waals surface area contributed by atoms with E-state index in [1.165, 1.54) is 7.11 Å². The molecule has 1 rings (SSSR count). The van der Waals surface area contributed by atoms with Crippen LogP contribution in [0, 0.1) is 11.3 Å². The van der Waals surface area contributed by atoms with Crippen molar-refractivity contribution in [3.05, 3.63) is 27.2 Å². The summed E-state index contributed by atoms with van der Waals surface area (Å²) >= 11 is 9.02. The van der Waals surface area contributed by atoms with E-state index in [2.05, 4.69) is 15.9 Å². The highest BCUT2D eigenvalue weighted by atomic mass is 79.9. The molecule has 0 heterocycles. The van der Waals surface area contributed by atoms with Crippen LogP contribution in [-0.4, -0.2) is 7.11 Å². The Hall–Kier alpha value is -0.720. The van der Waals surface area contributed by atoms with Crippen LogP contribution in [0.25, 0.3) is 0 Å². The summed E-state index contributed by atoms with van der Waals surface area (Å²) in [6, 6.07) is 5.32. The van der Waals surface area contributed by atoms with Crippen LogP contribution < -0.4 is 4.74 Å². The average Bonchev–Trinajstić information content (AvgIpc) is 2.03. The quantitative estimate of drug-likeness (QED) is 0.763. The standard InChI is InChI=1S/C8H5BrClNO/c1-12-8-3-5(9)2-7(10)6(8)4-11/h2-3H,1H3. The van der Waals surface area contributed by atoms with E-state index in [0.29, 0.717) is 16.3 Å². The first-order valence-corrected chi connectivity index (χ1v) is 4.29. The second-order valence-electron chi connectivity index (χ2n) is 2.08. The molecule has 0 N–H and O–H groups in total. The lowest BCUT2D eigenvalue weighted by atomic mass is 10.2. The molecule has 0 radical (unpaired) electrons. The van der Waals surface area contributed by atoms with Crippen molar-refractivity contribution in [2.24, 2.45) is 0 Å². The number of nitrogens with zero attached hydrogens (tertiary/aromatic N) is 1. The van der Waals surface area contributed by atoms with Gasteiger partial charge in [-0.3, -0.25) is 0 Å². The number of benzene rings is 1. The summed E-state index contributed by atoms with van der Waals surface area (Å²) in [6.45, 7) is 0. The highest BCUT2D eigenvalue weighted by Gasteiger charge is 2.07. The number of hydrogen-bond donors (Lipinski definition) is 0. The Kier molecular flexibility index (Phi) is 2.96. The molecule has 0 bridgehead atoms. The zero-order valence-corrected chi connectivity index (χ0v) is 8.61. The third-order valence-corrected chi connectivity index (χ3v) is 2.11. The van der Waals surface area contributed by atoms with Crippen LogP contribution in [-0.2, 0) is 0 Å². The van der Waals surface area contributed by atoms with E-state index < -0.39 is 0 Å². The minimum atomic E-state index is 0.363. The second-order valence-corrected chi connectivity index (χ2v) is 3.40. The zero-order valence-electron chi connectivity index (χ0n) is 6.27. The van der Waals surface area contributed by atoms with Gasteiger partial charge in [-0.15, -0.1) is 0 Å². The maximum Gasteiger partial charge on any atom is 0.139 e. The number of methoxy groups -OCH3 is 1. The van der Waals surface area contributed by atoms with Gasteiger partial charge in [0.1, 0.15) is 17.4 Å². The number of halogens is 2. The number of nitriles is 1. The Bertz CT molecular complexity index is 346. The van der Waals surface area contributed by atoms with Gasteiger partial charge < -0.3 is 4.74 Å².